The normalized spacial score (nSPS) is 15.2. The van der Waals surface area contributed by atoms with Crippen LogP contribution in [0.5, 0.6) is 0 Å². The molecule has 1 aliphatic rings. The van der Waals surface area contributed by atoms with Gasteiger partial charge < -0.3 is 15.0 Å². The average molecular weight is 270 g/mol. The lowest BCUT2D eigenvalue weighted by Crippen LogP contribution is -2.47. The molecule has 0 radical (unpaired) electrons. The summed E-state index contributed by atoms with van der Waals surface area (Å²) in [7, 11) is 1.36. The Morgan fingerprint density at radius 1 is 1.32 bits per heavy atom. The first-order valence-electron chi connectivity index (χ1n) is 7.15. The van der Waals surface area contributed by atoms with E-state index in [0.717, 1.165) is 25.9 Å². The maximum atomic E-state index is 12.3. The van der Waals surface area contributed by atoms with Crippen LogP contribution < -0.4 is 5.32 Å². The lowest BCUT2D eigenvalue weighted by Gasteiger charge is -2.31. The van der Waals surface area contributed by atoms with E-state index in [1.165, 1.54) is 7.11 Å². The highest BCUT2D eigenvalue weighted by Gasteiger charge is 2.26. The monoisotopic (exact) mass is 270 g/mol. The van der Waals surface area contributed by atoms with Gasteiger partial charge in [-0.05, 0) is 24.9 Å². The van der Waals surface area contributed by atoms with Gasteiger partial charge in [0, 0.05) is 13.0 Å². The van der Waals surface area contributed by atoms with Crippen LogP contribution in [0.3, 0.4) is 0 Å². The van der Waals surface area contributed by atoms with Gasteiger partial charge in [0.1, 0.15) is 6.54 Å². The molecule has 0 saturated carbocycles. The fraction of sp³-hybridized carbons (Fsp3) is 0.857. The Morgan fingerprint density at radius 3 is 2.37 bits per heavy atom. The Kier molecular flexibility index (Phi) is 6.84. The minimum atomic E-state index is -0.342. The summed E-state index contributed by atoms with van der Waals surface area (Å²) in [5.41, 5.74) is 0. The summed E-state index contributed by atoms with van der Waals surface area (Å²) in [6, 6.07) is 0. The molecule has 5 nitrogen and oxygen atoms in total. The van der Waals surface area contributed by atoms with Crippen LogP contribution in [0.15, 0.2) is 0 Å². The van der Waals surface area contributed by atoms with Crippen LogP contribution >= 0.6 is 0 Å². The first-order valence-corrected chi connectivity index (χ1v) is 7.15. The molecule has 1 saturated heterocycles. The number of rotatable bonds is 8. The van der Waals surface area contributed by atoms with E-state index in [1.807, 2.05) is 0 Å². The van der Waals surface area contributed by atoms with Crippen LogP contribution in [0.25, 0.3) is 0 Å². The Balaban J connectivity index is 2.55. The van der Waals surface area contributed by atoms with Gasteiger partial charge in [0.05, 0.1) is 7.11 Å². The molecular formula is C14H26N2O3. The summed E-state index contributed by atoms with van der Waals surface area (Å²) in [6.07, 6.45) is 2.57. The number of esters is 1. The molecule has 0 aromatic heterocycles. The third-order valence-corrected chi connectivity index (χ3v) is 3.86. The van der Waals surface area contributed by atoms with Crippen LogP contribution in [0.2, 0.25) is 0 Å². The van der Waals surface area contributed by atoms with Crippen molar-refractivity contribution < 1.29 is 14.3 Å². The minimum absolute atomic E-state index is 0.0730. The number of ether oxygens (including phenoxy) is 1. The van der Waals surface area contributed by atoms with E-state index in [9.17, 15) is 9.59 Å². The van der Waals surface area contributed by atoms with Crippen LogP contribution in [-0.4, -0.2) is 50.1 Å². The van der Waals surface area contributed by atoms with Crippen molar-refractivity contribution in [3.63, 3.8) is 0 Å². The number of nitrogens with zero attached hydrogens (tertiary/aromatic N) is 1. The van der Waals surface area contributed by atoms with Gasteiger partial charge in [-0.2, -0.15) is 0 Å². The zero-order chi connectivity index (χ0) is 14.3. The fourth-order valence-electron chi connectivity index (χ4n) is 2.20. The molecule has 1 rings (SSSR count). The molecule has 1 aliphatic heterocycles. The summed E-state index contributed by atoms with van der Waals surface area (Å²) in [5, 5.41) is 3.16. The predicted octanol–water partition coefficient (Wildman–Crippen LogP) is 1.03. The molecule has 1 N–H and O–H groups in total. The number of hydrogen-bond acceptors (Lipinski definition) is 4. The van der Waals surface area contributed by atoms with Crippen molar-refractivity contribution in [2.75, 3.05) is 33.3 Å². The number of methoxy groups -OCH3 is 1. The number of nitrogens with one attached hydrogen (secondary N) is 1. The maximum Gasteiger partial charge on any atom is 0.325 e. The first kappa shape index (κ1) is 16.0. The zero-order valence-corrected chi connectivity index (χ0v) is 12.3. The van der Waals surface area contributed by atoms with Gasteiger partial charge in [-0.1, -0.05) is 26.7 Å². The van der Waals surface area contributed by atoms with Gasteiger partial charge in [0.2, 0.25) is 5.91 Å². The molecule has 1 fully saturated rings. The van der Waals surface area contributed by atoms with Gasteiger partial charge in [-0.25, -0.2) is 0 Å². The Morgan fingerprint density at radius 2 is 1.95 bits per heavy atom. The van der Waals surface area contributed by atoms with Crippen LogP contribution in [-0.2, 0) is 14.3 Å². The predicted molar refractivity (Wildman–Crippen MR) is 73.6 cm³/mol. The van der Waals surface area contributed by atoms with Gasteiger partial charge in [-0.3, -0.25) is 9.59 Å². The molecule has 0 aliphatic carbocycles. The fourth-order valence-corrected chi connectivity index (χ4v) is 2.20. The van der Waals surface area contributed by atoms with Gasteiger partial charge in [-0.15, -0.1) is 0 Å². The van der Waals surface area contributed by atoms with Crippen molar-refractivity contribution in [1.29, 1.82) is 0 Å². The molecule has 0 bridgehead atoms. The van der Waals surface area contributed by atoms with E-state index >= 15 is 0 Å². The molecule has 19 heavy (non-hydrogen) atoms. The molecular weight excluding hydrogens is 244 g/mol. The lowest BCUT2D eigenvalue weighted by molar-refractivity contribution is -0.148. The zero-order valence-electron chi connectivity index (χ0n) is 12.3. The molecule has 0 aromatic carbocycles. The molecule has 0 aromatic rings. The van der Waals surface area contributed by atoms with Crippen molar-refractivity contribution in [3.8, 4) is 0 Å². The molecule has 0 unspecified atom stereocenters. The van der Waals surface area contributed by atoms with E-state index in [-0.39, 0.29) is 18.4 Å². The topological polar surface area (TPSA) is 58.6 Å². The Labute approximate surface area is 115 Å². The molecule has 5 heteroatoms. The highest BCUT2D eigenvalue weighted by atomic mass is 16.5. The van der Waals surface area contributed by atoms with E-state index in [2.05, 4.69) is 23.9 Å². The number of hydrogen-bond donors (Lipinski definition) is 1. The van der Waals surface area contributed by atoms with Crippen molar-refractivity contribution >= 4 is 11.9 Å². The van der Waals surface area contributed by atoms with Gasteiger partial charge in [0.25, 0.3) is 0 Å². The summed E-state index contributed by atoms with van der Waals surface area (Å²) in [6.45, 7) is 6.77. The maximum absolute atomic E-state index is 12.3. The summed E-state index contributed by atoms with van der Waals surface area (Å²) < 4.78 is 4.68. The Hall–Kier alpha value is -1.10. The van der Waals surface area contributed by atoms with Crippen molar-refractivity contribution in [3.05, 3.63) is 0 Å². The van der Waals surface area contributed by atoms with Crippen LogP contribution in [0.1, 0.15) is 33.1 Å². The largest absolute Gasteiger partial charge is 0.468 e. The van der Waals surface area contributed by atoms with E-state index in [4.69, 9.17) is 0 Å². The number of carbonyl (C=O) groups is 2. The second-order valence-corrected chi connectivity index (χ2v) is 5.26. The second-order valence-electron chi connectivity index (χ2n) is 5.26. The highest BCUT2D eigenvalue weighted by molar-refractivity contribution is 5.82. The first-order chi connectivity index (χ1) is 9.10. The van der Waals surface area contributed by atoms with Gasteiger partial charge >= 0.3 is 5.97 Å². The summed E-state index contributed by atoms with van der Waals surface area (Å²) in [4.78, 5) is 25.3. The third kappa shape index (κ3) is 5.19. The lowest BCUT2D eigenvalue weighted by atomic mass is 9.97. The molecule has 1 heterocycles. The molecule has 0 atom stereocenters. The number of amides is 1. The summed E-state index contributed by atoms with van der Waals surface area (Å²) >= 11 is 0. The van der Waals surface area contributed by atoms with E-state index in [1.54, 1.807) is 4.90 Å². The third-order valence-electron chi connectivity index (χ3n) is 3.86. The Bertz CT molecular complexity index is 299. The van der Waals surface area contributed by atoms with Crippen molar-refractivity contribution in [1.82, 2.24) is 10.2 Å². The van der Waals surface area contributed by atoms with Crippen LogP contribution in [0.4, 0.5) is 0 Å². The van der Waals surface area contributed by atoms with Crippen molar-refractivity contribution in [2.24, 2.45) is 11.8 Å². The van der Waals surface area contributed by atoms with Crippen LogP contribution in [0, 0.1) is 11.8 Å². The standard InChI is InChI=1S/C14H26N2O3/c1-4-11(5-2)9-16(10-14(18)19-3)13(17)6-12-7-15-8-12/h11-12,15H,4-10H2,1-3H3. The smallest absolute Gasteiger partial charge is 0.325 e. The average Bonchev–Trinajstić information content (AvgIpc) is 2.38. The van der Waals surface area contributed by atoms with E-state index in [0.29, 0.717) is 24.8 Å². The van der Waals surface area contributed by atoms with Crippen molar-refractivity contribution in [2.45, 2.75) is 33.1 Å². The molecule has 0 spiro atoms. The quantitative estimate of drug-likeness (QED) is 0.669. The second kappa shape index (κ2) is 8.15. The van der Waals surface area contributed by atoms with E-state index < -0.39 is 0 Å². The molecule has 1 amide bonds. The highest BCUT2D eigenvalue weighted by Crippen LogP contribution is 2.15. The molecule has 110 valence electrons. The van der Waals surface area contributed by atoms with Gasteiger partial charge in [0.15, 0.2) is 0 Å². The minimum Gasteiger partial charge on any atom is -0.468 e. The summed E-state index contributed by atoms with van der Waals surface area (Å²) in [5.74, 6) is 0.609. The SMILES string of the molecule is CCC(CC)CN(CC(=O)OC)C(=O)CC1CNC1. The number of carbonyl (C=O) groups excluding carboxylic acids is 2.